The Kier molecular flexibility index (Phi) is 11.2. The molecule has 6 rings (SSSR count). The van der Waals surface area contributed by atoms with Gasteiger partial charge in [0.15, 0.2) is 23.1 Å². The third kappa shape index (κ3) is 8.26. The van der Waals surface area contributed by atoms with E-state index in [9.17, 15) is 9.90 Å². The van der Waals surface area contributed by atoms with Crippen molar-refractivity contribution in [3.63, 3.8) is 0 Å². The van der Waals surface area contributed by atoms with Crippen molar-refractivity contribution in [2.24, 2.45) is 0 Å². The number of fused-ring (bicyclic) bond motifs is 1. The molecule has 0 saturated carbocycles. The first-order valence-electron chi connectivity index (χ1n) is 16.3. The summed E-state index contributed by atoms with van der Waals surface area (Å²) in [5, 5.41) is 26.9. The summed E-state index contributed by atoms with van der Waals surface area (Å²) >= 11 is 1.29. The molecule has 0 aliphatic carbocycles. The van der Waals surface area contributed by atoms with Crippen LogP contribution < -0.4 is 30.7 Å². The minimum Gasteiger partial charge on any atom is -0.504 e. The van der Waals surface area contributed by atoms with Gasteiger partial charge in [0.2, 0.25) is 0 Å². The molecule has 1 aromatic heterocycles. The summed E-state index contributed by atoms with van der Waals surface area (Å²) in [6.45, 7) is 0.334. The topological polar surface area (TPSA) is 104 Å². The van der Waals surface area contributed by atoms with E-state index in [2.05, 4.69) is 107 Å². The van der Waals surface area contributed by atoms with Crippen LogP contribution >= 0.6 is 18.6 Å². The van der Waals surface area contributed by atoms with Crippen LogP contribution in [0.2, 0.25) is 0 Å². The highest BCUT2D eigenvalue weighted by atomic mass is 32.1. The number of unbranched alkanes of at least 4 members (excludes halogenated alkanes) is 3. The first-order valence-corrected chi connectivity index (χ1v) is 19.1. The van der Waals surface area contributed by atoms with E-state index in [1.54, 1.807) is 24.3 Å². The SMILES string of the molecule is N#Cc1nc2ccc(Oc3ccc(O)c(OCC(=O)NCCCCCC[P+](c4ccccc4)(c4ccccc4)c4ccccc4)c3)cc2s1. The average molecular weight is 687 g/mol. The number of nitrogens with zero attached hydrogens (tertiary/aromatic N) is 2. The summed E-state index contributed by atoms with van der Waals surface area (Å²) < 4.78 is 12.4. The van der Waals surface area contributed by atoms with E-state index in [-0.39, 0.29) is 24.0 Å². The monoisotopic (exact) mass is 686 g/mol. The molecule has 1 amide bonds. The second kappa shape index (κ2) is 16.3. The lowest BCUT2D eigenvalue weighted by Crippen LogP contribution is -2.33. The number of benzene rings is 5. The van der Waals surface area contributed by atoms with Gasteiger partial charge in [-0.1, -0.05) is 61.0 Å². The summed E-state index contributed by atoms with van der Waals surface area (Å²) in [7, 11) is -1.83. The van der Waals surface area contributed by atoms with Crippen molar-refractivity contribution in [2.45, 2.75) is 25.7 Å². The van der Waals surface area contributed by atoms with Crippen molar-refractivity contribution >= 4 is 50.6 Å². The number of amides is 1. The number of carbonyl (C=O) groups is 1. The number of hydrogen-bond donors (Lipinski definition) is 2. The molecule has 49 heavy (non-hydrogen) atoms. The number of rotatable bonds is 15. The van der Waals surface area contributed by atoms with E-state index >= 15 is 0 Å². The van der Waals surface area contributed by atoms with Crippen molar-refractivity contribution in [1.82, 2.24) is 10.3 Å². The zero-order chi connectivity index (χ0) is 33.9. The van der Waals surface area contributed by atoms with E-state index in [0.717, 1.165) is 42.1 Å². The number of aromatic nitrogens is 1. The van der Waals surface area contributed by atoms with Gasteiger partial charge in [0, 0.05) is 18.7 Å². The van der Waals surface area contributed by atoms with E-state index in [1.165, 1.54) is 33.3 Å². The number of carbonyl (C=O) groups excluding carboxylic acids is 1. The summed E-state index contributed by atoms with van der Waals surface area (Å²) in [4.78, 5) is 16.8. The quantitative estimate of drug-likeness (QED) is 0.0847. The van der Waals surface area contributed by atoms with Crippen molar-refractivity contribution in [2.75, 3.05) is 19.3 Å². The fourth-order valence-electron chi connectivity index (χ4n) is 5.96. The molecule has 7 nitrogen and oxygen atoms in total. The van der Waals surface area contributed by atoms with E-state index in [4.69, 9.17) is 14.7 Å². The van der Waals surface area contributed by atoms with Gasteiger partial charge in [-0.25, -0.2) is 4.98 Å². The second-order valence-electron chi connectivity index (χ2n) is 11.6. The zero-order valence-electron chi connectivity index (χ0n) is 27.0. The molecular weight excluding hydrogens is 649 g/mol. The van der Waals surface area contributed by atoms with Gasteiger partial charge in [-0.2, -0.15) is 5.26 Å². The lowest BCUT2D eigenvalue weighted by molar-refractivity contribution is -0.123. The Labute approximate surface area is 291 Å². The lowest BCUT2D eigenvalue weighted by atomic mass is 10.2. The number of phenolic OH excluding ortho intramolecular Hbond substituents is 1. The van der Waals surface area contributed by atoms with E-state index < -0.39 is 7.26 Å². The van der Waals surface area contributed by atoms with Crippen molar-refractivity contribution in [3.8, 4) is 29.1 Å². The molecule has 0 fully saturated rings. The smallest absolute Gasteiger partial charge is 0.257 e. The van der Waals surface area contributed by atoms with Gasteiger partial charge < -0.3 is 19.9 Å². The minimum atomic E-state index is -1.83. The predicted octanol–water partition coefficient (Wildman–Crippen LogP) is 7.72. The Morgan fingerprint density at radius 1 is 0.776 bits per heavy atom. The molecule has 9 heteroatoms. The van der Waals surface area contributed by atoms with Crippen molar-refractivity contribution < 1.29 is 19.4 Å². The standard InChI is InChI=1S/C40H36N3O4PS/c41-28-40-43-35-22-20-31(27-38(35)49-40)47-30-21-23-36(44)37(26-30)46-29-39(45)42-24-12-1-2-13-25-48(32-14-6-3-7-15-32,33-16-8-4-9-17-33)34-18-10-5-11-19-34/h3-11,14-23,26-27H,1-2,12-13,24-25,29H2,(H-,42,44,45)/p+1. The maximum absolute atomic E-state index is 12.6. The molecule has 0 saturated heterocycles. The van der Waals surface area contributed by atoms with E-state index in [0.29, 0.717) is 23.1 Å². The first kappa shape index (κ1) is 33.7. The minimum absolute atomic E-state index is 0.0860. The first-order chi connectivity index (χ1) is 24.0. The molecule has 0 aliphatic heterocycles. The van der Waals surface area contributed by atoms with Crippen molar-refractivity contribution in [3.05, 3.63) is 132 Å². The molecule has 0 unspecified atom stereocenters. The number of nitrogens with one attached hydrogen (secondary N) is 1. The van der Waals surface area contributed by atoms with Crippen LogP contribution in [0.5, 0.6) is 23.0 Å². The molecule has 5 aromatic carbocycles. The number of aromatic hydroxyl groups is 1. The summed E-state index contributed by atoms with van der Waals surface area (Å²) in [6, 6.07) is 44.9. The molecule has 1 heterocycles. The van der Waals surface area contributed by atoms with Crippen LogP contribution in [0.25, 0.3) is 10.2 Å². The van der Waals surface area contributed by atoms with Crippen LogP contribution in [-0.2, 0) is 4.79 Å². The van der Waals surface area contributed by atoms with Crippen molar-refractivity contribution in [1.29, 1.82) is 5.26 Å². The van der Waals surface area contributed by atoms with Gasteiger partial charge >= 0.3 is 0 Å². The van der Waals surface area contributed by atoms with Gasteiger partial charge in [-0.3, -0.25) is 4.79 Å². The normalized spacial score (nSPS) is 11.2. The Balaban J connectivity index is 0.980. The molecule has 0 atom stereocenters. The van der Waals surface area contributed by atoms with Gasteiger partial charge in [-0.15, -0.1) is 11.3 Å². The Morgan fingerprint density at radius 3 is 2.00 bits per heavy atom. The fourth-order valence-corrected chi connectivity index (χ4v) is 11.2. The average Bonchev–Trinajstić information content (AvgIpc) is 3.57. The van der Waals surface area contributed by atoms with Crippen LogP contribution in [-0.4, -0.2) is 35.3 Å². The number of thiazole rings is 1. The summed E-state index contributed by atoms with van der Waals surface area (Å²) in [6.07, 6.45) is 5.11. The summed E-state index contributed by atoms with van der Waals surface area (Å²) in [5.41, 5.74) is 0.729. The fraction of sp³-hybridized carbons (Fsp3) is 0.175. The number of ether oxygens (including phenoxy) is 2. The third-order valence-electron chi connectivity index (χ3n) is 8.31. The summed E-state index contributed by atoms with van der Waals surface area (Å²) in [5.74, 6) is 0.813. The second-order valence-corrected chi connectivity index (χ2v) is 16.2. The molecule has 2 N–H and O–H groups in total. The van der Waals surface area contributed by atoms with Gasteiger partial charge in [-0.05, 0) is 79.9 Å². The highest BCUT2D eigenvalue weighted by molar-refractivity contribution is 7.95. The number of nitriles is 1. The van der Waals surface area contributed by atoms with Gasteiger partial charge in [0.1, 0.15) is 40.7 Å². The Hall–Kier alpha value is -5.22. The molecular formula is C40H37N3O4PS+. The highest BCUT2D eigenvalue weighted by Gasteiger charge is 2.44. The van der Waals surface area contributed by atoms with Crippen LogP contribution in [0.1, 0.15) is 30.7 Å². The van der Waals surface area contributed by atoms with E-state index in [1.807, 2.05) is 6.07 Å². The largest absolute Gasteiger partial charge is 0.504 e. The van der Waals surface area contributed by atoms with Crippen LogP contribution in [0, 0.1) is 11.3 Å². The van der Waals surface area contributed by atoms with Gasteiger partial charge in [0.25, 0.3) is 5.91 Å². The molecule has 0 radical (unpaired) electrons. The van der Waals surface area contributed by atoms with Gasteiger partial charge in [0.05, 0.1) is 16.4 Å². The lowest BCUT2D eigenvalue weighted by Gasteiger charge is -2.27. The molecule has 0 bridgehead atoms. The van der Waals surface area contributed by atoms with Crippen LogP contribution in [0.15, 0.2) is 127 Å². The zero-order valence-corrected chi connectivity index (χ0v) is 28.7. The molecule has 0 spiro atoms. The number of phenols is 1. The molecule has 0 aliphatic rings. The highest BCUT2D eigenvalue weighted by Crippen LogP contribution is 2.56. The maximum atomic E-state index is 12.6. The van der Waals surface area contributed by atoms with Crippen LogP contribution in [0.4, 0.5) is 0 Å². The Morgan fingerprint density at radius 2 is 1.37 bits per heavy atom. The maximum Gasteiger partial charge on any atom is 0.257 e. The Bertz CT molecular complexity index is 1940. The predicted molar refractivity (Wildman–Crippen MR) is 200 cm³/mol. The third-order valence-corrected chi connectivity index (χ3v) is 13.8. The molecule has 6 aromatic rings. The molecule has 246 valence electrons. The van der Waals surface area contributed by atoms with Crippen LogP contribution in [0.3, 0.4) is 0 Å². The number of hydrogen-bond acceptors (Lipinski definition) is 7.